The molecular formula is C9H9BrF2. The van der Waals surface area contributed by atoms with Crippen molar-refractivity contribution in [1.82, 2.24) is 0 Å². The highest BCUT2D eigenvalue weighted by Gasteiger charge is 2.09. The van der Waals surface area contributed by atoms with Crippen molar-refractivity contribution in [3.63, 3.8) is 0 Å². The van der Waals surface area contributed by atoms with Crippen molar-refractivity contribution in [3.05, 3.63) is 34.9 Å². The number of alkyl halides is 1. The Bertz CT molecular complexity index is 284. The van der Waals surface area contributed by atoms with Gasteiger partial charge in [-0.1, -0.05) is 28.1 Å². The minimum Gasteiger partial charge on any atom is -0.203 e. The lowest BCUT2D eigenvalue weighted by Gasteiger charge is -2.03. The standard InChI is InChI=1S/C9H9BrF2/c1-6-2-3-7(4-5-10)9(12)8(6)11/h2-3H,4-5H2,1H3. The van der Waals surface area contributed by atoms with Crippen LogP contribution >= 0.6 is 15.9 Å². The van der Waals surface area contributed by atoms with Gasteiger partial charge < -0.3 is 0 Å². The van der Waals surface area contributed by atoms with Crippen LogP contribution in [0.2, 0.25) is 0 Å². The molecule has 0 saturated carbocycles. The van der Waals surface area contributed by atoms with Crippen LogP contribution in [0.1, 0.15) is 11.1 Å². The quantitative estimate of drug-likeness (QED) is 0.690. The Morgan fingerprint density at radius 3 is 2.50 bits per heavy atom. The van der Waals surface area contributed by atoms with E-state index in [-0.39, 0.29) is 0 Å². The molecule has 0 heterocycles. The average Bonchev–Trinajstić information content (AvgIpc) is 2.07. The Hall–Kier alpha value is -0.440. The van der Waals surface area contributed by atoms with Crippen molar-refractivity contribution >= 4 is 15.9 Å². The maximum Gasteiger partial charge on any atom is 0.162 e. The summed E-state index contributed by atoms with van der Waals surface area (Å²) in [4.78, 5) is 0. The van der Waals surface area contributed by atoms with Gasteiger partial charge in [0.25, 0.3) is 0 Å². The summed E-state index contributed by atoms with van der Waals surface area (Å²) in [7, 11) is 0. The monoisotopic (exact) mass is 234 g/mol. The molecule has 0 aliphatic heterocycles. The molecule has 3 heteroatoms. The summed E-state index contributed by atoms with van der Waals surface area (Å²) in [6, 6.07) is 3.21. The van der Waals surface area contributed by atoms with Gasteiger partial charge in [0.05, 0.1) is 0 Å². The highest BCUT2D eigenvalue weighted by Crippen LogP contribution is 2.16. The summed E-state index contributed by atoms with van der Waals surface area (Å²) in [6.45, 7) is 1.55. The van der Waals surface area contributed by atoms with Gasteiger partial charge in [-0.15, -0.1) is 0 Å². The Labute approximate surface area is 78.7 Å². The van der Waals surface area contributed by atoms with Gasteiger partial charge >= 0.3 is 0 Å². The van der Waals surface area contributed by atoms with E-state index in [0.717, 1.165) is 0 Å². The largest absolute Gasteiger partial charge is 0.203 e. The highest BCUT2D eigenvalue weighted by atomic mass is 79.9. The van der Waals surface area contributed by atoms with Gasteiger partial charge in [-0.2, -0.15) is 0 Å². The van der Waals surface area contributed by atoms with Gasteiger partial charge in [-0.25, -0.2) is 8.78 Å². The number of hydrogen-bond donors (Lipinski definition) is 0. The molecule has 0 unspecified atom stereocenters. The predicted molar refractivity (Wildman–Crippen MR) is 48.6 cm³/mol. The third kappa shape index (κ3) is 1.83. The fraction of sp³-hybridized carbons (Fsp3) is 0.333. The highest BCUT2D eigenvalue weighted by molar-refractivity contribution is 9.09. The molecule has 0 aliphatic rings. The van der Waals surface area contributed by atoms with Crippen molar-refractivity contribution in [1.29, 1.82) is 0 Å². The second-order valence-electron chi connectivity index (χ2n) is 2.61. The van der Waals surface area contributed by atoms with E-state index < -0.39 is 11.6 Å². The Kier molecular flexibility index (Phi) is 3.20. The van der Waals surface area contributed by atoms with Crippen LogP contribution in [0.25, 0.3) is 0 Å². The van der Waals surface area contributed by atoms with Gasteiger partial charge in [-0.05, 0) is 24.5 Å². The number of hydrogen-bond acceptors (Lipinski definition) is 0. The molecule has 0 N–H and O–H groups in total. The van der Waals surface area contributed by atoms with Crippen LogP contribution in [0, 0.1) is 18.6 Å². The molecule has 1 aromatic carbocycles. The molecule has 0 radical (unpaired) electrons. The Morgan fingerprint density at radius 2 is 1.92 bits per heavy atom. The first-order chi connectivity index (χ1) is 5.66. The van der Waals surface area contributed by atoms with Crippen molar-refractivity contribution < 1.29 is 8.78 Å². The molecule has 0 aromatic heterocycles. The number of halogens is 3. The molecule has 1 rings (SSSR count). The molecule has 0 fully saturated rings. The van der Waals surface area contributed by atoms with Gasteiger partial charge in [0.15, 0.2) is 11.6 Å². The van der Waals surface area contributed by atoms with E-state index in [0.29, 0.717) is 22.9 Å². The van der Waals surface area contributed by atoms with E-state index in [1.165, 1.54) is 0 Å². The zero-order valence-electron chi connectivity index (χ0n) is 6.70. The smallest absolute Gasteiger partial charge is 0.162 e. The Balaban J connectivity index is 3.08. The molecule has 1 aromatic rings. The van der Waals surface area contributed by atoms with Crippen LogP contribution in [0.3, 0.4) is 0 Å². The summed E-state index contributed by atoms with van der Waals surface area (Å²) in [5.41, 5.74) is 0.779. The normalized spacial score (nSPS) is 10.3. The molecule has 0 bridgehead atoms. The fourth-order valence-corrected chi connectivity index (χ4v) is 1.41. The van der Waals surface area contributed by atoms with Crippen LogP contribution in [0.4, 0.5) is 8.78 Å². The molecule has 0 saturated heterocycles. The SMILES string of the molecule is Cc1ccc(CCBr)c(F)c1F. The first-order valence-electron chi connectivity index (χ1n) is 3.66. The van der Waals surface area contributed by atoms with Crippen LogP contribution in [-0.4, -0.2) is 5.33 Å². The maximum absolute atomic E-state index is 13.1. The molecule has 66 valence electrons. The lowest BCUT2D eigenvalue weighted by Crippen LogP contribution is -1.97. The topological polar surface area (TPSA) is 0 Å². The number of aryl methyl sites for hydroxylation is 2. The van der Waals surface area contributed by atoms with E-state index in [9.17, 15) is 8.78 Å². The van der Waals surface area contributed by atoms with Gasteiger partial charge in [0.1, 0.15) is 0 Å². The van der Waals surface area contributed by atoms with E-state index in [1.54, 1.807) is 19.1 Å². The molecule has 0 spiro atoms. The summed E-state index contributed by atoms with van der Waals surface area (Å²) in [6.07, 6.45) is 0.517. The second-order valence-corrected chi connectivity index (χ2v) is 3.40. The van der Waals surface area contributed by atoms with Gasteiger partial charge in [0.2, 0.25) is 0 Å². The zero-order valence-corrected chi connectivity index (χ0v) is 8.29. The van der Waals surface area contributed by atoms with Crippen LogP contribution in [-0.2, 0) is 6.42 Å². The number of rotatable bonds is 2. The molecule has 0 amide bonds. The third-order valence-electron chi connectivity index (χ3n) is 1.72. The molecule has 12 heavy (non-hydrogen) atoms. The number of benzene rings is 1. The lowest BCUT2D eigenvalue weighted by molar-refractivity contribution is 0.495. The third-order valence-corrected chi connectivity index (χ3v) is 2.12. The molecular weight excluding hydrogens is 226 g/mol. The summed E-state index contributed by atoms with van der Waals surface area (Å²) in [5, 5.41) is 0.645. The minimum absolute atomic E-state index is 0.353. The predicted octanol–water partition coefficient (Wildman–Crippen LogP) is 3.21. The zero-order chi connectivity index (χ0) is 9.14. The molecule has 0 atom stereocenters. The van der Waals surface area contributed by atoms with Crippen molar-refractivity contribution in [2.75, 3.05) is 5.33 Å². The van der Waals surface area contributed by atoms with E-state index >= 15 is 0 Å². The Morgan fingerprint density at radius 1 is 1.25 bits per heavy atom. The second kappa shape index (κ2) is 3.99. The van der Waals surface area contributed by atoms with Gasteiger partial charge in [-0.3, -0.25) is 0 Å². The van der Waals surface area contributed by atoms with Crippen LogP contribution in [0.5, 0.6) is 0 Å². The van der Waals surface area contributed by atoms with Crippen molar-refractivity contribution in [3.8, 4) is 0 Å². The van der Waals surface area contributed by atoms with Gasteiger partial charge in [0, 0.05) is 5.33 Å². The van der Waals surface area contributed by atoms with E-state index in [4.69, 9.17) is 0 Å². The minimum atomic E-state index is -0.728. The summed E-state index contributed by atoms with van der Waals surface area (Å²) in [5.74, 6) is -1.44. The molecule has 0 aliphatic carbocycles. The first-order valence-corrected chi connectivity index (χ1v) is 4.78. The van der Waals surface area contributed by atoms with E-state index in [2.05, 4.69) is 15.9 Å². The van der Waals surface area contributed by atoms with Crippen LogP contribution < -0.4 is 0 Å². The summed E-state index contributed by atoms with van der Waals surface area (Å²) < 4.78 is 26.0. The lowest BCUT2D eigenvalue weighted by atomic mass is 10.1. The summed E-state index contributed by atoms with van der Waals surface area (Å²) >= 11 is 3.17. The average molecular weight is 235 g/mol. The van der Waals surface area contributed by atoms with Crippen molar-refractivity contribution in [2.45, 2.75) is 13.3 Å². The maximum atomic E-state index is 13.1. The first kappa shape index (κ1) is 9.65. The van der Waals surface area contributed by atoms with E-state index in [1.807, 2.05) is 0 Å². The fourth-order valence-electron chi connectivity index (χ4n) is 0.981. The van der Waals surface area contributed by atoms with Crippen LogP contribution in [0.15, 0.2) is 12.1 Å². The molecule has 0 nitrogen and oxygen atoms in total. The van der Waals surface area contributed by atoms with Crippen molar-refractivity contribution in [2.24, 2.45) is 0 Å².